The fraction of sp³-hybridized carbons (Fsp3) is 0.762. The lowest BCUT2D eigenvalue weighted by Gasteiger charge is -2.29. The van der Waals surface area contributed by atoms with Crippen LogP contribution >= 0.6 is 0 Å². The van der Waals surface area contributed by atoms with Gasteiger partial charge in [0.05, 0.1) is 12.8 Å². The standard InChI is InChI=1S/C19H30N4O2.C2HF3O2/c1-21-10-16(9-20-21)11-22-12-17-5-4-6-19(17,14-22)15-25-13-18(24)23-7-2-3-8-23;3-2(4,5)1(6)7/h9-10,17H,2-8,11-15H2,1H3;(H,6,7)/t17-,19+;/m1./s1. The van der Waals surface area contributed by atoms with E-state index in [4.69, 9.17) is 14.6 Å². The van der Waals surface area contributed by atoms with E-state index in [0.29, 0.717) is 5.92 Å². The van der Waals surface area contributed by atoms with Crippen molar-refractivity contribution < 1.29 is 32.6 Å². The van der Waals surface area contributed by atoms with Gasteiger partial charge in [-0.2, -0.15) is 18.3 Å². The second kappa shape index (κ2) is 10.2. The smallest absolute Gasteiger partial charge is 0.475 e. The lowest BCUT2D eigenvalue weighted by Crippen LogP contribution is -2.36. The maximum Gasteiger partial charge on any atom is 0.490 e. The zero-order valence-electron chi connectivity index (χ0n) is 18.3. The summed E-state index contributed by atoms with van der Waals surface area (Å²) in [4.78, 5) is 25.6. The van der Waals surface area contributed by atoms with Gasteiger partial charge in [0.15, 0.2) is 0 Å². The van der Waals surface area contributed by atoms with Crippen molar-refractivity contribution in [3.63, 3.8) is 0 Å². The number of hydrogen-bond donors (Lipinski definition) is 1. The van der Waals surface area contributed by atoms with Gasteiger partial charge in [-0.3, -0.25) is 14.4 Å². The van der Waals surface area contributed by atoms with Crippen molar-refractivity contribution in [2.45, 2.75) is 44.8 Å². The van der Waals surface area contributed by atoms with Crippen LogP contribution in [-0.2, 0) is 27.9 Å². The van der Waals surface area contributed by atoms with Gasteiger partial charge in [0, 0.05) is 56.9 Å². The Morgan fingerprint density at radius 2 is 1.97 bits per heavy atom. The Balaban J connectivity index is 0.000000360. The first kappa shape index (κ1) is 24.5. The third-order valence-electron chi connectivity index (χ3n) is 6.59. The van der Waals surface area contributed by atoms with E-state index in [-0.39, 0.29) is 17.9 Å². The molecule has 1 aliphatic carbocycles. The van der Waals surface area contributed by atoms with Crippen molar-refractivity contribution in [3.05, 3.63) is 18.0 Å². The van der Waals surface area contributed by atoms with Crippen molar-refractivity contribution in [1.29, 1.82) is 0 Å². The number of nitrogens with zero attached hydrogens (tertiary/aromatic N) is 4. The summed E-state index contributed by atoms with van der Waals surface area (Å²) in [6.07, 6.45) is 5.10. The molecule has 2 atom stereocenters. The van der Waals surface area contributed by atoms with E-state index in [1.54, 1.807) is 0 Å². The number of ether oxygens (including phenoxy) is 1. The summed E-state index contributed by atoms with van der Waals surface area (Å²) in [7, 11) is 1.97. The fourth-order valence-corrected chi connectivity index (χ4v) is 5.09. The normalized spacial score (nSPS) is 25.5. The molecule has 2 aliphatic heterocycles. The van der Waals surface area contributed by atoms with Crippen molar-refractivity contribution in [2.24, 2.45) is 18.4 Å². The van der Waals surface area contributed by atoms with Gasteiger partial charge in [-0.1, -0.05) is 6.42 Å². The number of aromatic nitrogens is 2. The van der Waals surface area contributed by atoms with Gasteiger partial charge in [0.1, 0.15) is 6.61 Å². The Bertz CT molecular complexity index is 794. The highest BCUT2D eigenvalue weighted by Crippen LogP contribution is 2.49. The molecule has 1 N–H and O–H groups in total. The second-order valence-electron chi connectivity index (χ2n) is 9.03. The van der Waals surface area contributed by atoms with E-state index in [9.17, 15) is 18.0 Å². The quantitative estimate of drug-likeness (QED) is 0.701. The minimum absolute atomic E-state index is 0.175. The molecule has 1 aromatic heterocycles. The van der Waals surface area contributed by atoms with Crippen LogP contribution in [0.4, 0.5) is 13.2 Å². The third-order valence-corrected chi connectivity index (χ3v) is 6.59. The molecule has 3 heterocycles. The number of aryl methyl sites for hydroxylation is 1. The zero-order valence-corrected chi connectivity index (χ0v) is 18.3. The van der Waals surface area contributed by atoms with E-state index in [0.717, 1.165) is 52.2 Å². The average Bonchev–Trinajstić information content (AvgIpc) is 3.47. The van der Waals surface area contributed by atoms with E-state index in [2.05, 4.69) is 16.2 Å². The highest BCUT2D eigenvalue weighted by atomic mass is 19.4. The average molecular weight is 460 g/mol. The first-order chi connectivity index (χ1) is 15.1. The topological polar surface area (TPSA) is 87.9 Å². The van der Waals surface area contributed by atoms with Crippen LogP contribution in [0.3, 0.4) is 0 Å². The molecule has 0 aromatic carbocycles. The Labute approximate surface area is 185 Å². The molecule has 1 amide bonds. The first-order valence-corrected chi connectivity index (χ1v) is 10.9. The molecule has 32 heavy (non-hydrogen) atoms. The fourth-order valence-electron chi connectivity index (χ4n) is 5.09. The zero-order chi connectivity index (χ0) is 23.4. The summed E-state index contributed by atoms with van der Waals surface area (Å²) in [5.41, 5.74) is 1.54. The minimum atomic E-state index is -5.08. The largest absolute Gasteiger partial charge is 0.490 e. The minimum Gasteiger partial charge on any atom is -0.475 e. The summed E-state index contributed by atoms with van der Waals surface area (Å²) in [5, 5.41) is 11.4. The molecule has 0 radical (unpaired) electrons. The number of carbonyl (C=O) groups excluding carboxylic acids is 1. The number of amides is 1. The number of alkyl halides is 3. The molecule has 180 valence electrons. The van der Waals surface area contributed by atoms with E-state index in [1.165, 1.54) is 24.8 Å². The summed E-state index contributed by atoms with van der Waals surface area (Å²) < 4.78 is 39.6. The van der Waals surface area contributed by atoms with E-state index in [1.807, 2.05) is 22.8 Å². The number of rotatable bonds is 6. The molecule has 1 aromatic rings. The molecule has 1 saturated carbocycles. The highest BCUT2D eigenvalue weighted by molar-refractivity contribution is 5.77. The molecular formula is C21H31F3N4O4. The predicted molar refractivity (Wildman–Crippen MR) is 109 cm³/mol. The number of likely N-dealkylation sites (tertiary alicyclic amines) is 2. The van der Waals surface area contributed by atoms with Crippen molar-refractivity contribution >= 4 is 11.9 Å². The Morgan fingerprint density at radius 3 is 2.56 bits per heavy atom. The van der Waals surface area contributed by atoms with E-state index < -0.39 is 12.1 Å². The second-order valence-corrected chi connectivity index (χ2v) is 9.03. The summed E-state index contributed by atoms with van der Waals surface area (Å²) in [6, 6.07) is 0. The number of halogens is 3. The van der Waals surface area contributed by atoms with Crippen molar-refractivity contribution in [2.75, 3.05) is 39.4 Å². The highest BCUT2D eigenvalue weighted by Gasteiger charge is 2.49. The van der Waals surface area contributed by atoms with Gasteiger partial charge in [-0.05, 0) is 31.6 Å². The van der Waals surface area contributed by atoms with Crippen LogP contribution in [0.5, 0.6) is 0 Å². The van der Waals surface area contributed by atoms with Crippen LogP contribution in [0.2, 0.25) is 0 Å². The van der Waals surface area contributed by atoms with Gasteiger partial charge in [-0.15, -0.1) is 0 Å². The monoisotopic (exact) mass is 460 g/mol. The van der Waals surface area contributed by atoms with Crippen LogP contribution in [-0.4, -0.2) is 82.1 Å². The van der Waals surface area contributed by atoms with Crippen LogP contribution in [0, 0.1) is 11.3 Å². The molecular weight excluding hydrogens is 429 g/mol. The molecule has 3 aliphatic rings. The SMILES string of the molecule is Cn1cc(CN2C[C@H]3CCC[C@@]3(COCC(=O)N3CCCC3)C2)cn1.O=C(O)C(F)(F)F. The number of carbonyl (C=O) groups is 2. The molecule has 0 bridgehead atoms. The summed E-state index contributed by atoms with van der Waals surface area (Å²) in [5.74, 6) is -1.87. The van der Waals surface area contributed by atoms with E-state index >= 15 is 0 Å². The van der Waals surface area contributed by atoms with Gasteiger partial charge in [0.2, 0.25) is 5.91 Å². The number of carboxylic acids is 1. The maximum atomic E-state index is 12.2. The third kappa shape index (κ3) is 6.22. The van der Waals surface area contributed by atoms with Crippen LogP contribution < -0.4 is 0 Å². The molecule has 4 rings (SSSR count). The number of aliphatic carboxylic acids is 1. The molecule has 11 heteroatoms. The molecule has 2 saturated heterocycles. The lowest BCUT2D eigenvalue weighted by atomic mass is 9.81. The molecule has 0 unspecified atom stereocenters. The molecule has 3 fully saturated rings. The van der Waals surface area contributed by atoms with Gasteiger partial charge in [0.25, 0.3) is 0 Å². The molecule has 0 spiro atoms. The van der Waals surface area contributed by atoms with Gasteiger partial charge < -0.3 is 14.7 Å². The first-order valence-electron chi connectivity index (χ1n) is 10.9. The summed E-state index contributed by atoms with van der Waals surface area (Å²) >= 11 is 0. The Kier molecular flexibility index (Phi) is 7.81. The number of carboxylic acid groups (broad SMARTS) is 1. The summed E-state index contributed by atoms with van der Waals surface area (Å²) in [6.45, 7) is 6.03. The molecule has 8 nitrogen and oxygen atoms in total. The predicted octanol–water partition coefficient (Wildman–Crippen LogP) is 2.29. The van der Waals surface area contributed by atoms with Gasteiger partial charge in [-0.25, -0.2) is 4.79 Å². The van der Waals surface area contributed by atoms with Crippen molar-refractivity contribution in [3.8, 4) is 0 Å². The lowest BCUT2D eigenvalue weighted by molar-refractivity contribution is -0.192. The Morgan fingerprint density at radius 1 is 1.28 bits per heavy atom. The van der Waals surface area contributed by atoms with Crippen LogP contribution in [0.25, 0.3) is 0 Å². The van der Waals surface area contributed by atoms with Crippen molar-refractivity contribution in [1.82, 2.24) is 19.6 Å². The van der Waals surface area contributed by atoms with Crippen LogP contribution in [0.15, 0.2) is 12.4 Å². The number of hydrogen-bond acceptors (Lipinski definition) is 5. The Hall–Kier alpha value is -2.14. The number of fused-ring (bicyclic) bond motifs is 1. The maximum absolute atomic E-state index is 12.2. The van der Waals surface area contributed by atoms with Gasteiger partial charge >= 0.3 is 12.1 Å². The van der Waals surface area contributed by atoms with Crippen LogP contribution in [0.1, 0.15) is 37.7 Å².